The molecule has 0 amide bonds. The topological polar surface area (TPSA) is 59.0 Å². The van der Waals surface area contributed by atoms with Gasteiger partial charge in [0.25, 0.3) is 0 Å². The third-order valence-corrected chi connectivity index (χ3v) is 6.19. The van der Waals surface area contributed by atoms with Gasteiger partial charge >= 0.3 is 5.97 Å². The summed E-state index contributed by atoms with van der Waals surface area (Å²) in [7, 11) is 0. The molecule has 0 spiro atoms. The summed E-state index contributed by atoms with van der Waals surface area (Å²) in [5.74, 6) is -0.271. The van der Waals surface area contributed by atoms with Gasteiger partial charge in [0.05, 0.1) is 12.0 Å². The lowest BCUT2D eigenvalue weighted by atomic mass is 9.85. The second kappa shape index (κ2) is 9.33. The van der Waals surface area contributed by atoms with Gasteiger partial charge in [-0.3, -0.25) is 9.69 Å². The number of aliphatic carboxylic acids is 1. The average molecular weight is 440 g/mol. The minimum absolute atomic E-state index is 0.0762. The van der Waals surface area contributed by atoms with Crippen LogP contribution < -0.4 is 9.47 Å². The van der Waals surface area contributed by atoms with Crippen LogP contribution in [0.2, 0.25) is 0 Å². The number of fused-ring (bicyclic) bond motifs is 1. The fraction of sp³-hybridized carbons (Fsp3) is 0.423. The number of likely N-dealkylation sites (tertiary alicyclic amines) is 1. The van der Waals surface area contributed by atoms with Crippen molar-refractivity contribution in [3.05, 3.63) is 64.5 Å². The van der Waals surface area contributed by atoms with E-state index in [0.717, 1.165) is 30.7 Å². The Morgan fingerprint density at radius 1 is 1.19 bits per heavy atom. The molecule has 0 radical (unpaired) electrons. The van der Waals surface area contributed by atoms with Gasteiger partial charge in [0, 0.05) is 19.6 Å². The Labute approximate surface area is 188 Å². The lowest BCUT2D eigenvalue weighted by Gasteiger charge is -2.38. The van der Waals surface area contributed by atoms with E-state index in [9.17, 15) is 9.18 Å². The van der Waals surface area contributed by atoms with Crippen LogP contribution in [0.4, 0.5) is 4.39 Å². The van der Waals surface area contributed by atoms with Crippen LogP contribution in [0, 0.1) is 11.7 Å². The van der Waals surface area contributed by atoms with E-state index in [-0.39, 0.29) is 30.2 Å². The molecule has 2 aromatic rings. The summed E-state index contributed by atoms with van der Waals surface area (Å²) in [5.41, 5.74) is 5.90. The van der Waals surface area contributed by atoms with E-state index < -0.39 is 5.97 Å². The smallest absolute Gasteiger partial charge is 0.309 e. The number of ether oxygens (including phenoxy) is 2. The number of carboxylic acids is 1. The van der Waals surface area contributed by atoms with Crippen molar-refractivity contribution in [1.29, 1.82) is 0 Å². The Morgan fingerprint density at radius 3 is 2.66 bits per heavy atom. The van der Waals surface area contributed by atoms with Crippen molar-refractivity contribution in [2.45, 2.75) is 46.3 Å². The molecule has 1 saturated heterocycles. The molecule has 1 heterocycles. The maximum atomic E-state index is 14.2. The molecule has 2 aromatic carbocycles. The Hall–Kier alpha value is -2.86. The van der Waals surface area contributed by atoms with Crippen LogP contribution in [-0.4, -0.2) is 41.7 Å². The van der Waals surface area contributed by atoms with Gasteiger partial charge in [-0.05, 0) is 80.1 Å². The van der Waals surface area contributed by atoms with Crippen molar-refractivity contribution in [2.75, 3.05) is 19.6 Å². The SMILES string of the molecule is CC1=C(CN2CC(C(=O)O)C2)CCc2cc(OCc3ccc(OC(C)C)c(F)c3)ccc21. The molecule has 0 bridgehead atoms. The standard InChI is InChI=1S/C26H30FNO4/c1-16(2)32-25-9-4-18(10-24(25)27)15-31-22-7-8-23-17(3)20(6-5-19(23)11-22)12-28-13-21(14-28)26(29)30/h4,7-11,16,21H,5-6,12-15H2,1-3H3,(H,29,30). The van der Waals surface area contributed by atoms with Crippen LogP contribution >= 0.6 is 0 Å². The van der Waals surface area contributed by atoms with Crippen LogP contribution in [0.3, 0.4) is 0 Å². The largest absolute Gasteiger partial charge is 0.489 e. The second-order valence-electron chi connectivity index (χ2n) is 9.00. The number of rotatable bonds is 8. The molecule has 0 aromatic heterocycles. The van der Waals surface area contributed by atoms with Gasteiger partial charge < -0.3 is 14.6 Å². The first-order valence-corrected chi connectivity index (χ1v) is 11.1. The number of aryl methyl sites for hydroxylation is 1. The van der Waals surface area contributed by atoms with E-state index in [1.807, 2.05) is 26.0 Å². The predicted molar refractivity (Wildman–Crippen MR) is 121 cm³/mol. The van der Waals surface area contributed by atoms with Gasteiger partial charge in [-0.1, -0.05) is 17.7 Å². The number of nitrogens with zero attached hydrogens (tertiary/aromatic N) is 1. The number of allylic oxidation sites excluding steroid dienone is 1. The molecule has 1 aliphatic heterocycles. The molecule has 6 heteroatoms. The van der Waals surface area contributed by atoms with E-state index >= 15 is 0 Å². The zero-order valence-corrected chi connectivity index (χ0v) is 18.9. The summed E-state index contributed by atoms with van der Waals surface area (Å²) in [6.45, 7) is 8.28. The van der Waals surface area contributed by atoms with Gasteiger partial charge in [-0.2, -0.15) is 0 Å². The summed E-state index contributed by atoms with van der Waals surface area (Å²) in [6, 6.07) is 11.1. The highest BCUT2D eigenvalue weighted by molar-refractivity contribution is 5.73. The fourth-order valence-electron chi connectivity index (χ4n) is 4.37. The molecular weight excluding hydrogens is 409 g/mol. The van der Waals surface area contributed by atoms with Gasteiger partial charge in [0.15, 0.2) is 11.6 Å². The number of hydrogen-bond acceptors (Lipinski definition) is 4. The highest BCUT2D eigenvalue weighted by Crippen LogP contribution is 2.34. The maximum Gasteiger partial charge on any atom is 0.309 e. The molecule has 0 unspecified atom stereocenters. The molecule has 5 nitrogen and oxygen atoms in total. The highest BCUT2D eigenvalue weighted by Gasteiger charge is 2.33. The molecule has 32 heavy (non-hydrogen) atoms. The Morgan fingerprint density at radius 2 is 1.97 bits per heavy atom. The maximum absolute atomic E-state index is 14.2. The number of benzene rings is 2. The van der Waals surface area contributed by atoms with Crippen molar-refractivity contribution in [1.82, 2.24) is 4.90 Å². The predicted octanol–water partition coefficient (Wildman–Crippen LogP) is 4.93. The molecule has 170 valence electrons. The molecule has 1 aliphatic carbocycles. The number of halogens is 1. The highest BCUT2D eigenvalue weighted by atomic mass is 19.1. The first-order chi connectivity index (χ1) is 15.3. The summed E-state index contributed by atoms with van der Waals surface area (Å²) >= 11 is 0. The molecule has 4 rings (SSSR count). The minimum Gasteiger partial charge on any atom is -0.489 e. The lowest BCUT2D eigenvalue weighted by molar-refractivity contribution is -0.147. The van der Waals surface area contributed by atoms with Crippen molar-refractivity contribution >= 4 is 11.5 Å². The molecule has 0 saturated carbocycles. The zero-order chi connectivity index (χ0) is 22.8. The fourth-order valence-corrected chi connectivity index (χ4v) is 4.37. The van der Waals surface area contributed by atoms with E-state index in [0.29, 0.717) is 13.1 Å². The third kappa shape index (κ3) is 4.96. The van der Waals surface area contributed by atoms with Crippen LogP contribution in [0.1, 0.15) is 43.9 Å². The summed E-state index contributed by atoms with van der Waals surface area (Å²) < 4.78 is 25.6. The van der Waals surface area contributed by atoms with Crippen molar-refractivity contribution in [3.63, 3.8) is 0 Å². The molecule has 1 N–H and O–H groups in total. The first kappa shape index (κ1) is 22.3. The summed E-state index contributed by atoms with van der Waals surface area (Å²) in [5, 5.41) is 9.06. The van der Waals surface area contributed by atoms with Crippen LogP contribution in [-0.2, 0) is 17.8 Å². The Balaban J connectivity index is 1.38. The van der Waals surface area contributed by atoms with Gasteiger partial charge in [-0.25, -0.2) is 4.39 Å². The first-order valence-electron chi connectivity index (χ1n) is 11.1. The minimum atomic E-state index is -0.698. The van der Waals surface area contributed by atoms with Gasteiger partial charge in [0.1, 0.15) is 12.4 Å². The third-order valence-electron chi connectivity index (χ3n) is 6.19. The van der Waals surface area contributed by atoms with E-state index in [4.69, 9.17) is 14.6 Å². The Kier molecular flexibility index (Phi) is 6.51. The lowest BCUT2D eigenvalue weighted by Crippen LogP contribution is -2.50. The van der Waals surface area contributed by atoms with E-state index in [1.54, 1.807) is 6.07 Å². The Bertz CT molecular complexity index is 1040. The van der Waals surface area contributed by atoms with Gasteiger partial charge in [0.2, 0.25) is 0 Å². The van der Waals surface area contributed by atoms with Crippen molar-refractivity contribution < 1.29 is 23.8 Å². The van der Waals surface area contributed by atoms with Crippen LogP contribution in [0.25, 0.3) is 5.57 Å². The number of hydrogen-bond donors (Lipinski definition) is 1. The monoisotopic (exact) mass is 439 g/mol. The van der Waals surface area contributed by atoms with Gasteiger partial charge in [-0.15, -0.1) is 0 Å². The molecule has 2 aliphatic rings. The summed E-state index contributed by atoms with van der Waals surface area (Å²) in [4.78, 5) is 13.2. The normalized spacial score (nSPS) is 16.7. The van der Waals surface area contributed by atoms with E-state index in [1.165, 1.54) is 28.3 Å². The van der Waals surface area contributed by atoms with Crippen LogP contribution in [0.5, 0.6) is 11.5 Å². The second-order valence-corrected chi connectivity index (χ2v) is 9.00. The summed E-state index contributed by atoms with van der Waals surface area (Å²) in [6.07, 6.45) is 1.83. The van der Waals surface area contributed by atoms with Crippen LogP contribution in [0.15, 0.2) is 42.0 Å². The molecular formula is C26H30FNO4. The molecule has 1 fully saturated rings. The number of carboxylic acid groups (broad SMARTS) is 1. The van der Waals surface area contributed by atoms with E-state index in [2.05, 4.69) is 24.0 Å². The quantitative estimate of drug-likeness (QED) is 0.632. The average Bonchev–Trinajstić information content (AvgIpc) is 2.71. The zero-order valence-electron chi connectivity index (χ0n) is 18.9. The van der Waals surface area contributed by atoms with Crippen molar-refractivity contribution in [2.24, 2.45) is 5.92 Å². The van der Waals surface area contributed by atoms with Crippen molar-refractivity contribution in [3.8, 4) is 11.5 Å². The number of carbonyl (C=O) groups is 1. The molecule has 0 atom stereocenters.